The summed E-state index contributed by atoms with van der Waals surface area (Å²) < 4.78 is 0. The van der Waals surface area contributed by atoms with Gasteiger partial charge in [0.25, 0.3) is 0 Å². The molecule has 0 atom stereocenters. The highest BCUT2D eigenvalue weighted by Crippen LogP contribution is 2.37. The van der Waals surface area contributed by atoms with E-state index in [-0.39, 0.29) is 0 Å². The molecule has 2 aromatic carbocycles. The second-order valence-electron chi connectivity index (χ2n) is 5.87. The van der Waals surface area contributed by atoms with E-state index in [1.807, 2.05) is 6.07 Å². The zero-order valence-corrected chi connectivity index (χ0v) is 14.6. The van der Waals surface area contributed by atoms with Crippen molar-refractivity contribution in [2.75, 3.05) is 6.54 Å². The molecule has 0 aliphatic heterocycles. The summed E-state index contributed by atoms with van der Waals surface area (Å²) in [6.07, 6.45) is 3.04. The Morgan fingerprint density at radius 1 is 1.00 bits per heavy atom. The maximum Gasteiger partial charge on any atom is 0.0833 e. The number of hydrogen-bond donors (Lipinski definition) is 2. The molecule has 23 heavy (non-hydrogen) atoms. The molecule has 0 saturated carbocycles. The first-order valence-corrected chi connectivity index (χ1v) is 8.63. The van der Waals surface area contributed by atoms with Gasteiger partial charge in [-0.15, -0.1) is 0 Å². The number of aromatic nitrogens is 1. The summed E-state index contributed by atoms with van der Waals surface area (Å²) in [6.45, 7) is 2.81. The van der Waals surface area contributed by atoms with Crippen LogP contribution in [0.25, 0.3) is 22.2 Å². The van der Waals surface area contributed by atoms with Crippen LogP contribution in [0.1, 0.15) is 24.0 Å². The SMILES string of the molecule is Cc1ccc(-c2[nH]c3c(Cl)c(Cl)ccc3c2CCCCN)cc1. The Morgan fingerprint density at radius 2 is 1.74 bits per heavy atom. The van der Waals surface area contributed by atoms with Gasteiger partial charge in [-0.1, -0.05) is 59.1 Å². The van der Waals surface area contributed by atoms with Crippen LogP contribution in [0.3, 0.4) is 0 Å². The molecule has 0 unspecified atom stereocenters. The van der Waals surface area contributed by atoms with E-state index in [4.69, 9.17) is 28.9 Å². The molecule has 0 aliphatic carbocycles. The van der Waals surface area contributed by atoms with E-state index in [1.165, 1.54) is 16.7 Å². The Hall–Kier alpha value is -1.48. The van der Waals surface area contributed by atoms with Crippen LogP contribution in [0, 0.1) is 6.92 Å². The van der Waals surface area contributed by atoms with Gasteiger partial charge in [0.1, 0.15) is 0 Å². The van der Waals surface area contributed by atoms with Gasteiger partial charge in [0.2, 0.25) is 0 Å². The van der Waals surface area contributed by atoms with E-state index in [0.717, 1.165) is 42.4 Å². The van der Waals surface area contributed by atoms with Crippen LogP contribution in [0.4, 0.5) is 0 Å². The van der Waals surface area contributed by atoms with Crippen LogP contribution in [0.2, 0.25) is 10.0 Å². The third-order valence-electron chi connectivity index (χ3n) is 4.19. The molecule has 0 saturated heterocycles. The Balaban J connectivity index is 2.16. The Morgan fingerprint density at radius 3 is 2.43 bits per heavy atom. The number of unbranched alkanes of at least 4 members (excludes halogenated alkanes) is 1. The molecular formula is C19H20Cl2N2. The molecule has 3 rings (SSSR count). The van der Waals surface area contributed by atoms with Crippen LogP contribution in [-0.4, -0.2) is 11.5 Å². The monoisotopic (exact) mass is 346 g/mol. The van der Waals surface area contributed by atoms with Crippen molar-refractivity contribution in [3.63, 3.8) is 0 Å². The van der Waals surface area contributed by atoms with E-state index in [9.17, 15) is 0 Å². The number of halogens is 2. The third kappa shape index (κ3) is 3.25. The van der Waals surface area contributed by atoms with Crippen molar-refractivity contribution < 1.29 is 0 Å². The Labute approximate surface area is 146 Å². The number of aromatic amines is 1. The van der Waals surface area contributed by atoms with Crippen LogP contribution in [0.5, 0.6) is 0 Å². The maximum atomic E-state index is 6.40. The number of nitrogens with two attached hydrogens (primary N) is 1. The van der Waals surface area contributed by atoms with Crippen molar-refractivity contribution in [2.45, 2.75) is 26.2 Å². The zero-order chi connectivity index (χ0) is 16.4. The van der Waals surface area contributed by atoms with E-state index in [2.05, 4.69) is 42.2 Å². The molecule has 3 aromatic rings. The zero-order valence-electron chi connectivity index (χ0n) is 13.1. The number of fused-ring (bicyclic) bond motifs is 1. The Bertz CT molecular complexity index is 819. The first kappa shape index (κ1) is 16.4. The molecule has 0 radical (unpaired) electrons. The second-order valence-corrected chi connectivity index (χ2v) is 6.66. The van der Waals surface area contributed by atoms with Crippen molar-refractivity contribution in [1.29, 1.82) is 0 Å². The minimum Gasteiger partial charge on any atom is -0.353 e. The van der Waals surface area contributed by atoms with E-state index >= 15 is 0 Å². The minimum atomic E-state index is 0.574. The average Bonchev–Trinajstić information content (AvgIpc) is 2.91. The lowest BCUT2D eigenvalue weighted by molar-refractivity contribution is 0.748. The van der Waals surface area contributed by atoms with Gasteiger partial charge in [-0.2, -0.15) is 0 Å². The summed E-state index contributed by atoms with van der Waals surface area (Å²) in [4.78, 5) is 3.49. The van der Waals surface area contributed by atoms with Gasteiger partial charge in [0.05, 0.1) is 15.6 Å². The molecule has 2 nitrogen and oxygen atoms in total. The number of hydrogen-bond acceptors (Lipinski definition) is 1. The summed E-state index contributed by atoms with van der Waals surface area (Å²) in [6, 6.07) is 12.4. The fourth-order valence-electron chi connectivity index (χ4n) is 2.93. The molecule has 0 bridgehead atoms. The molecule has 1 aromatic heterocycles. The topological polar surface area (TPSA) is 41.8 Å². The lowest BCUT2D eigenvalue weighted by Crippen LogP contribution is -1.99. The number of nitrogens with one attached hydrogen (secondary N) is 1. The van der Waals surface area contributed by atoms with E-state index in [1.54, 1.807) is 0 Å². The first-order valence-electron chi connectivity index (χ1n) is 7.87. The first-order chi connectivity index (χ1) is 11.1. The van der Waals surface area contributed by atoms with Crippen LogP contribution >= 0.6 is 23.2 Å². The van der Waals surface area contributed by atoms with E-state index in [0.29, 0.717) is 10.0 Å². The molecule has 0 aliphatic rings. The van der Waals surface area contributed by atoms with Crippen molar-refractivity contribution in [1.82, 2.24) is 4.98 Å². The lowest BCUT2D eigenvalue weighted by atomic mass is 10.00. The quantitative estimate of drug-likeness (QED) is 0.569. The maximum absolute atomic E-state index is 6.40. The van der Waals surface area contributed by atoms with Crippen LogP contribution in [0.15, 0.2) is 36.4 Å². The minimum absolute atomic E-state index is 0.574. The molecule has 0 amide bonds. The molecule has 120 valence electrons. The summed E-state index contributed by atoms with van der Waals surface area (Å²) in [5.74, 6) is 0. The second kappa shape index (κ2) is 6.96. The van der Waals surface area contributed by atoms with Gasteiger partial charge in [0.15, 0.2) is 0 Å². The summed E-state index contributed by atoms with van der Waals surface area (Å²) in [7, 11) is 0. The Kier molecular flexibility index (Phi) is 4.96. The van der Waals surface area contributed by atoms with Crippen molar-refractivity contribution >= 4 is 34.1 Å². The highest BCUT2D eigenvalue weighted by atomic mass is 35.5. The van der Waals surface area contributed by atoms with Crippen molar-refractivity contribution in [3.05, 3.63) is 57.6 Å². The van der Waals surface area contributed by atoms with Crippen LogP contribution < -0.4 is 5.73 Å². The van der Waals surface area contributed by atoms with Crippen molar-refractivity contribution in [3.8, 4) is 11.3 Å². The molecule has 3 N–H and O–H groups in total. The number of aryl methyl sites for hydroxylation is 2. The van der Waals surface area contributed by atoms with Gasteiger partial charge < -0.3 is 10.7 Å². The highest BCUT2D eigenvalue weighted by Gasteiger charge is 2.16. The highest BCUT2D eigenvalue weighted by molar-refractivity contribution is 6.45. The lowest BCUT2D eigenvalue weighted by Gasteiger charge is -2.06. The summed E-state index contributed by atoms with van der Waals surface area (Å²) in [5, 5.41) is 2.30. The van der Waals surface area contributed by atoms with Gasteiger partial charge >= 0.3 is 0 Å². The van der Waals surface area contributed by atoms with Gasteiger partial charge in [-0.3, -0.25) is 0 Å². The summed E-state index contributed by atoms with van der Waals surface area (Å²) >= 11 is 12.6. The van der Waals surface area contributed by atoms with Crippen LogP contribution in [-0.2, 0) is 6.42 Å². The fourth-order valence-corrected chi connectivity index (χ4v) is 3.30. The largest absolute Gasteiger partial charge is 0.353 e. The molecule has 0 fully saturated rings. The van der Waals surface area contributed by atoms with E-state index < -0.39 is 0 Å². The van der Waals surface area contributed by atoms with Gasteiger partial charge in [-0.25, -0.2) is 0 Å². The average molecular weight is 347 g/mol. The van der Waals surface area contributed by atoms with Gasteiger partial charge in [0, 0.05) is 11.1 Å². The van der Waals surface area contributed by atoms with Crippen molar-refractivity contribution in [2.24, 2.45) is 5.73 Å². The number of benzene rings is 2. The standard InChI is InChI=1S/C19H20Cl2N2/c1-12-5-7-13(8-6-12)18-14(4-2-3-11-22)15-9-10-16(20)17(21)19(15)23-18/h5-10,23H,2-4,11,22H2,1H3. The fraction of sp³-hybridized carbons (Fsp3) is 0.263. The third-order valence-corrected chi connectivity index (χ3v) is 5.00. The molecular weight excluding hydrogens is 327 g/mol. The predicted octanol–water partition coefficient (Wildman–Crippen LogP) is 5.73. The summed E-state index contributed by atoms with van der Waals surface area (Å²) in [5.41, 5.74) is 11.4. The normalized spacial score (nSPS) is 11.3. The number of rotatable bonds is 5. The smallest absolute Gasteiger partial charge is 0.0833 e. The molecule has 1 heterocycles. The van der Waals surface area contributed by atoms with Gasteiger partial charge in [-0.05, 0) is 49.9 Å². The predicted molar refractivity (Wildman–Crippen MR) is 100 cm³/mol. The molecule has 0 spiro atoms. The number of H-pyrrole nitrogens is 1. The molecule has 4 heteroatoms.